The number of H-pyrrole nitrogens is 1. The van der Waals surface area contributed by atoms with Gasteiger partial charge in [-0.05, 0) is 146 Å². The number of benzene rings is 3. The molecule has 0 aliphatic heterocycles. The van der Waals surface area contributed by atoms with Crippen molar-refractivity contribution < 1.29 is 0 Å². The Morgan fingerprint density at radius 3 is 1.76 bits per heavy atom. The lowest BCUT2D eigenvalue weighted by molar-refractivity contribution is 1.21. The van der Waals surface area contributed by atoms with Crippen LogP contribution in [0.4, 0.5) is 0 Å². The van der Waals surface area contributed by atoms with Gasteiger partial charge in [-0.1, -0.05) is 6.07 Å². The number of halogens is 1. The zero-order valence-corrected chi connectivity index (χ0v) is 20.6. The van der Waals surface area contributed by atoms with Crippen LogP contribution in [0.5, 0.6) is 0 Å². The van der Waals surface area contributed by atoms with Crippen LogP contribution in [-0.4, -0.2) is 4.98 Å². The van der Waals surface area contributed by atoms with Gasteiger partial charge in [0.25, 0.3) is 0 Å². The molecule has 0 aliphatic rings. The van der Waals surface area contributed by atoms with E-state index in [9.17, 15) is 0 Å². The Labute approximate surface area is 182 Å². The average Bonchev–Trinajstić information content (AvgIpc) is 3.08. The van der Waals surface area contributed by atoms with E-state index in [1.807, 2.05) is 0 Å². The summed E-state index contributed by atoms with van der Waals surface area (Å²) in [5.74, 6) is 0. The van der Waals surface area contributed by atoms with Crippen molar-refractivity contribution in [3.05, 3.63) is 66.7 Å². The second kappa shape index (κ2) is 6.74. The number of aromatic nitrogens is 1. The average molecular weight is 448 g/mol. The summed E-state index contributed by atoms with van der Waals surface area (Å²) in [6, 6.07) is 4.77. The van der Waals surface area contributed by atoms with Crippen LogP contribution in [-0.2, 0) is 0 Å². The minimum atomic E-state index is 1.17. The van der Waals surface area contributed by atoms with E-state index in [0.29, 0.717) is 0 Å². The molecule has 0 radical (unpaired) electrons. The van der Waals surface area contributed by atoms with Crippen LogP contribution >= 0.6 is 15.9 Å². The molecule has 0 saturated heterocycles. The van der Waals surface area contributed by atoms with Crippen molar-refractivity contribution in [1.82, 2.24) is 4.98 Å². The van der Waals surface area contributed by atoms with Crippen molar-refractivity contribution in [2.24, 2.45) is 0 Å². The van der Waals surface area contributed by atoms with E-state index < -0.39 is 0 Å². The molecule has 1 N–H and O–H groups in total. The monoisotopic (exact) mass is 447 g/mol. The van der Waals surface area contributed by atoms with Crippen LogP contribution in [0.2, 0.25) is 0 Å². The van der Waals surface area contributed by atoms with Crippen LogP contribution in [0.25, 0.3) is 32.9 Å². The van der Waals surface area contributed by atoms with Crippen LogP contribution < -0.4 is 0 Å². The predicted octanol–water partition coefficient (Wildman–Crippen LogP) is 8.53. The van der Waals surface area contributed by atoms with Gasteiger partial charge in [-0.25, -0.2) is 0 Å². The molecule has 1 aromatic heterocycles. The molecule has 0 aliphatic carbocycles. The van der Waals surface area contributed by atoms with Crippen molar-refractivity contribution in [1.29, 1.82) is 0 Å². The molecule has 4 rings (SSSR count). The highest BCUT2D eigenvalue weighted by molar-refractivity contribution is 9.10. The Hall–Kier alpha value is -2.06. The lowest BCUT2D eigenvalue weighted by Crippen LogP contribution is -1.96. The zero-order chi connectivity index (χ0) is 21.4. The van der Waals surface area contributed by atoms with Gasteiger partial charge in [0.05, 0.1) is 5.52 Å². The van der Waals surface area contributed by atoms with Gasteiger partial charge in [0.2, 0.25) is 0 Å². The molecule has 0 unspecified atom stereocenters. The Kier molecular flexibility index (Phi) is 4.70. The molecular formula is C27H30BrN. The Morgan fingerprint density at radius 1 is 0.552 bits per heavy atom. The highest BCUT2D eigenvalue weighted by Crippen LogP contribution is 2.43. The molecule has 0 atom stereocenters. The molecule has 0 spiro atoms. The number of hydrogen-bond donors (Lipinski definition) is 1. The fourth-order valence-electron chi connectivity index (χ4n) is 4.77. The number of aromatic amines is 1. The Morgan fingerprint density at radius 2 is 1.10 bits per heavy atom. The first-order valence-electron chi connectivity index (χ1n) is 10.3. The van der Waals surface area contributed by atoms with E-state index in [4.69, 9.17) is 0 Å². The van der Waals surface area contributed by atoms with E-state index in [-0.39, 0.29) is 0 Å². The van der Waals surface area contributed by atoms with Crippen molar-refractivity contribution in [2.45, 2.75) is 62.3 Å². The lowest BCUT2D eigenvalue weighted by Gasteiger charge is -2.17. The molecule has 29 heavy (non-hydrogen) atoms. The van der Waals surface area contributed by atoms with Gasteiger partial charge in [0.15, 0.2) is 0 Å². The summed E-state index contributed by atoms with van der Waals surface area (Å²) in [5.41, 5.74) is 17.5. The van der Waals surface area contributed by atoms with E-state index in [1.165, 1.54) is 87.5 Å². The fourth-order valence-corrected chi connectivity index (χ4v) is 5.30. The summed E-state index contributed by atoms with van der Waals surface area (Å²) >= 11 is 3.94. The van der Waals surface area contributed by atoms with E-state index in [2.05, 4.69) is 95.4 Å². The van der Waals surface area contributed by atoms with Gasteiger partial charge in [-0.2, -0.15) is 0 Å². The maximum Gasteiger partial charge on any atom is 0.0612 e. The van der Waals surface area contributed by atoms with Gasteiger partial charge >= 0.3 is 0 Å². The molecule has 0 fully saturated rings. The maximum atomic E-state index is 3.94. The van der Waals surface area contributed by atoms with Gasteiger partial charge in [-0.3, -0.25) is 0 Å². The second-order valence-electron chi connectivity index (χ2n) is 8.78. The lowest BCUT2D eigenvalue weighted by atomic mass is 9.88. The zero-order valence-electron chi connectivity index (χ0n) is 19.0. The molecular weight excluding hydrogens is 418 g/mol. The first-order chi connectivity index (χ1) is 13.6. The van der Waals surface area contributed by atoms with Crippen molar-refractivity contribution in [3.63, 3.8) is 0 Å². The molecule has 1 heterocycles. The second-order valence-corrected chi connectivity index (χ2v) is 9.57. The third-order valence-electron chi connectivity index (χ3n) is 7.49. The quantitative estimate of drug-likeness (QED) is 0.300. The Balaban J connectivity index is 2.20. The normalized spacial score (nSPS) is 11.8. The fraction of sp³-hybridized carbons (Fsp3) is 0.333. The third kappa shape index (κ3) is 2.72. The smallest absolute Gasteiger partial charge is 0.0612 e. The minimum absolute atomic E-state index is 1.17. The first-order valence-corrected chi connectivity index (χ1v) is 11.1. The summed E-state index contributed by atoms with van der Waals surface area (Å²) in [7, 11) is 0. The molecule has 0 bridgehead atoms. The number of fused-ring (bicyclic) bond motifs is 3. The molecule has 0 amide bonds. The van der Waals surface area contributed by atoms with Crippen molar-refractivity contribution >= 4 is 37.7 Å². The first kappa shape index (κ1) is 20.2. The van der Waals surface area contributed by atoms with Gasteiger partial charge in [0, 0.05) is 20.8 Å². The van der Waals surface area contributed by atoms with E-state index in [0.717, 1.165) is 0 Å². The number of rotatable bonds is 1. The summed E-state index contributed by atoms with van der Waals surface area (Å²) in [6.07, 6.45) is 0. The maximum absolute atomic E-state index is 3.94. The summed E-state index contributed by atoms with van der Waals surface area (Å²) in [6.45, 7) is 20.2. The van der Waals surface area contributed by atoms with E-state index in [1.54, 1.807) is 0 Å². The van der Waals surface area contributed by atoms with Crippen LogP contribution in [0.15, 0.2) is 16.6 Å². The summed E-state index contributed by atoms with van der Waals surface area (Å²) < 4.78 is 1.17. The van der Waals surface area contributed by atoms with Gasteiger partial charge in [0.1, 0.15) is 0 Å². The van der Waals surface area contributed by atoms with Crippen LogP contribution in [0.3, 0.4) is 0 Å². The largest absolute Gasteiger partial charge is 0.353 e. The molecule has 0 saturated carbocycles. The van der Waals surface area contributed by atoms with Gasteiger partial charge < -0.3 is 4.98 Å². The highest BCUT2D eigenvalue weighted by Gasteiger charge is 2.20. The number of hydrogen-bond acceptors (Lipinski definition) is 0. The van der Waals surface area contributed by atoms with Crippen molar-refractivity contribution in [2.75, 3.05) is 0 Å². The number of nitrogens with one attached hydrogen (secondary N) is 1. The number of aryl methyl sites for hydroxylation is 3. The topological polar surface area (TPSA) is 15.8 Å². The third-order valence-corrected chi connectivity index (χ3v) is 8.48. The molecule has 1 nitrogen and oxygen atoms in total. The minimum Gasteiger partial charge on any atom is -0.353 e. The standard InChI is InChI=1S/C27H30BrN/c1-12-10-21(17(6)14(3)13(12)2)22-11-23-24-18(7)15(4)16(5)19(8)26(24)29-27(23)25(28)20(22)9/h10-11,29H,1-9H3. The highest BCUT2D eigenvalue weighted by atomic mass is 79.9. The summed E-state index contributed by atoms with van der Waals surface area (Å²) in [4.78, 5) is 3.74. The van der Waals surface area contributed by atoms with Gasteiger partial charge in [-0.15, -0.1) is 0 Å². The molecule has 4 aromatic rings. The van der Waals surface area contributed by atoms with Crippen LogP contribution in [0, 0.1) is 62.3 Å². The van der Waals surface area contributed by atoms with Crippen molar-refractivity contribution in [3.8, 4) is 11.1 Å². The molecule has 3 aromatic carbocycles. The van der Waals surface area contributed by atoms with Crippen LogP contribution in [0.1, 0.15) is 50.1 Å². The predicted molar refractivity (Wildman–Crippen MR) is 132 cm³/mol. The Bertz CT molecular complexity index is 1340. The van der Waals surface area contributed by atoms with E-state index >= 15 is 0 Å². The summed E-state index contributed by atoms with van der Waals surface area (Å²) in [5, 5.41) is 2.67. The molecule has 150 valence electrons. The molecule has 2 heteroatoms. The SMILES string of the molecule is Cc1cc(-c2cc3c([nH]c4c(C)c(C)c(C)c(C)c43)c(Br)c2C)c(C)c(C)c1C.